The molecule has 1 aromatic carbocycles. The van der Waals surface area contributed by atoms with E-state index < -0.39 is 0 Å². The number of nitrogens with zero attached hydrogens (tertiary/aromatic N) is 5. The Morgan fingerprint density at radius 1 is 1.11 bits per heavy atom. The minimum Gasteiger partial charge on any atom is -0.368 e. The van der Waals surface area contributed by atoms with E-state index in [1.165, 1.54) is 0 Å². The Hall–Kier alpha value is -3.22. The zero-order valence-corrected chi connectivity index (χ0v) is 15.5. The fraction of sp³-hybridized carbons (Fsp3) is 0.300. The maximum atomic E-state index is 12.9. The molecule has 1 saturated heterocycles. The lowest BCUT2D eigenvalue weighted by Crippen LogP contribution is -2.29. The minimum absolute atomic E-state index is 0.0548. The van der Waals surface area contributed by atoms with Crippen LogP contribution >= 0.6 is 0 Å². The predicted molar refractivity (Wildman–Crippen MR) is 103 cm³/mol. The van der Waals surface area contributed by atoms with Crippen molar-refractivity contribution in [2.75, 3.05) is 18.8 Å². The van der Waals surface area contributed by atoms with Crippen LogP contribution in [0, 0.1) is 13.8 Å². The maximum absolute atomic E-state index is 12.9. The number of aryl methyl sites for hydroxylation is 2. The predicted octanol–water partition coefficient (Wildman–Crippen LogP) is 2.63. The van der Waals surface area contributed by atoms with Gasteiger partial charge in [-0.15, -0.1) is 0 Å². The van der Waals surface area contributed by atoms with Gasteiger partial charge in [0.1, 0.15) is 0 Å². The van der Waals surface area contributed by atoms with E-state index >= 15 is 0 Å². The Morgan fingerprint density at radius 3 is 2.44 bits per heavy atom. The summed E-state index contributed by atoms with van der Waals surface area (Å²) in [6.45, 7) is 5.49. The number of nitrogen functional groups attached to an aromatic ring is 1. The number of anilines is 1. The average molecular weight is 362 g/mol. The SMILES string of the molecule is Cc1cc(C)n(C2CCN(C(=O)c3ccc(-c4cnc(N)nc4)cc3)C2)n1. The number of hydrogen-bond donors (Lipinski definition) is 1. The number of carbonyl (C=O) groups is 1. The number of likely N-dealkylation sites (tertiary alicyclic amines) is 1. The molecule has 3 aromatic rings. The first-order valence-corrected chi connectivity index (χ1v) is 9.01. The van der Waals surface area contributed by atoms with Crippen molar-refractivity contribution >= 4 is 11.9 Å². The zero-order valence-electron chi connectivity index (χ0n) is 15.5. The molecule has 1 aliphatic rings. The number of aromatic nitrogens is 4. The van der Waals surface area contributed by atoms with Crippen LogP contribution in [0.15, 0.2) is 42.7 Å². The van der Waals surface area contributed by atoms with Crippen molar-refractivity contribution in [1.29, 1.82) is 0 Å². The quantitative estimate of drug-likeness (QED) is 0.773. The van der Waals surface area contributed by atoms with Crippen LogP contribution in [0.3, 0.4) is 0 Å². The molecule has 4 rings (SSSR count). The summed E-state index contributed by atoms with van der Waals surface area (Å²) in [6.07, 6.45) is 4.28. The van der Waals surface area contributed by atoms with Gasteiger partial charge < -0.3 is 10.6 Å². The van der Waals surface area contributed by atoms with Crippen molar-refractivity contribution in [3.8, 4) is 11.1 Å². The fourth-order valence-electron chi connectivity index (χ4n) is 3.62. The van der Waals surface area contributed by atoms with E-state index in [9.17, 15) is 4.79 Å². The minimum atomic E-state index is 0.0548. The van der Waals surface area contributed by atoms with Gasteiger partial charge in [0.15, 0.2) is 0 Å². The van der Waals surface area contributed by atoms with Gasteiger partial charge >= 0.3 is 0 Å². The third-order valence-electron chi connectivity index (χ3n) is 4.98. The van der Waals surface area contributed by atoms with Crippen molar-refractivity contribution in [1.82, 2.24) is 24.6 Å². The molecule has 7 heteroatoms. The summed E-state index contributed by atoms with van der Waals surface area (Å²) in [7, 11) is 0. The van der Waals surface area contributed by atoms with Crippen LogP contribution in [0.4, 0.5) is 5.95 Å². The zero-order chi connectivity index (χ0) is 19.0. The molecule has 0 radical (unpaired) electrons. The molecule has 0 aliphatic carbocycles. The van der Waals surface area contributed by atoms with Gasteiger partial charge in [0.05, 0.1) is 11.7 Å². The van der Waals surface area contributed by atoms with E-state index in [0.29, 0.717) is 12.1 Å². The van der Waals surface area contributed by atoms with Crippen LogP contribution in [0.25, 0.3) is 11.1 Å². The fourth-order valence-corrected chi connectivity index (χ4v) is 3.62. The monoisotopic (exact) mass is 362 g/mol. The van der Waals surface area contributed by atoms with E-state index in [4.69, 9.17) is 5.73 Å². The van der Waals surface area contributed by atoms with Crippen LogP contribution in [-0.4, -0.2) is 43.6 Å². The van der Waals surface area contributed by atoms with Crippen molar-refractivity contribution in [2.45, 2.75) is 26.3 Å². The number of amides is 1. The second-order valence-corrected chi connectivity index (χ2v) is 6.97. The Balaban J connectivity index is 1.47. The van der Waals surface area contributed by atoms with E-state index in [0.717, 1.165) is 35.5 Å². The van der Waals surface area contributed by atoms with Gasteiger partial charge in [-0.2, -0.15) is 5.10 Å². The highest BCUT2D eigenvalue weighted by Gasteiger charge is 2.29. The number of rotatable bonds is 3. The highest BCUT2D eigenvalue weighted by molar-refractivity contribution is 5.94. The molecule has 27 heavy (non-hydrogen) atoms. The molecule has 7 nitrogen and oxygen atoms in total. The largest absolute Gasteiger partial charge is 0.368 e. The molecular weight excluding hydrogens is 340 g/mol. The number of hydrogen-bond acceptors (Lipinski definition) is 5. The van der Waals surface area contributed by atoms with E-state index in [2.05, 4.69) is 28.1 Å². The molecule has 0 spiro atoms. The Morgan fingerprint density at radius 2 is 1.81 bits per heavy atom. The molecule has 138 valence electrons. The summed E-state index contributed by atoms with van der Waals surface area (Å²) in [5.74, 6) is 0.302. The van der Waals surface area contributed by atoms with Crippen molar-refractivity contribution < 1.29 is 4.79 Å². The smallest absolute Gasteiger partial charge is 0.253 e. The Bertz CT molecular complexity index is 961. The summed E-state index contributed by atoms with van der Waals surface area (Å²) in [5, 5.41) is 4.57. The number of nitrogens with two attached hydrogens (primary N) is 1. The normalized spacial score (nSPS) is 16.7. The molecule has 0 bridgehead atoms. The molecule has 1 amide bonds. The molecule has 0 saturated carbocycles. The third kappa shape index (κ3) is 3.40. The van der Waals surface area contributed by atoms with E-state index in [1.54, 1.807) is 12.4 Å². The first kappa shape index (κ1) is 17.2. The van der Waals surface area contributed by atoms with E-state index in [1.807, 2.05) is 40.8 Å². The first-order chi connectivity index (χ1) is 13.0. The van der Waals surface area contributed by atoms with Gasteiger partial charge in [-0.05, 0) is 44.0 Å². The van der Waals surface area contributed by atoms with Gasteiger partial charge in [-0.3, -0.25) is 9.48 Å². The summed E-state index contributed by atoms with van der Waals surface area (Å²) in [5.41, 5.74) is 10.2. The summed E-state index contributed by atoms with van der Waals surface area (Å²) >= 11 is 0. The lowest BCUT2D eigenvalue weighted by molar-refractivity contribution is 0.0787. The van der Waals surface area contributed by atoms with Gasteiger partial charge in [-0.25, -0.2) is 9.97 Å². The second-order valence-electron chi connectivity index (χ2n) is 6.97. The Labute approximate surface area is 157 Å². The van der Waals surface area contributed by atoms with Crippen LogP contribution in [0.1, 0.15) is 34.2 Å². The van der Waals surface area contributed by atoms with Crippen molar-refractivity contribution in [3.05, 3.63) is 59.7 Å². The molecular formula is C20H22N6O. The summed E-state index contributed by atoms with van der Waals surface area (Å²) in [6, 6.07) is 9.85. The van der Waals surface area contributed by atoms with Gasteiger partial charge in [0, 0.05) is 42.3 Å². The summed E-state index contributed by atoms with van der Waals surface area (Å²) < 4.78 is 2.05. The molecule has 1 aliphatic heterocycles. The topological polar surface area (TPSA) is 89.9 Å². The summed E-state index contributed by atoms with van der Waals surface area (Å²) in [4.78, 5) is 22.8. The standard InChI is InChI=1S/C20H22N6O/c1-13-9-14(2)26(24-13)18-7-8-25(12-18)19(27)16-5-3-15(4-6-16)17-10-22-20(21)23-11-17/h3-6,9-11,18H,7-8,12H2,1-2H3,(H2,21,22,23). The second kappa shape index (κ2) is 6.83. The Kier molecular flexibility index (Phi) is 4.35. The first-order valence-electron chi connectivity index (χ1n) is 9.01. The molecule has 1 atom stereocenters. The van der Waals surface area contributed by atoms with E-state index in [-0.39, 0.29) is 17.9 Å². The number of benzene rings is 1. The van der Waals surface area contributed by atoms with Crippen LogP contribution in [0.5, 0.6) is 0 Å². The van der Waals surface area contributed by atoms with Crippen molar-refractivity contribution in [3.63, 3.8) is 0 Å². The van der Waals surface area contributed by atoms with Crippen LogP contribution in [-0.2, 0) is 0 Å². The lowest BCUT2D eigenvalue weighted by Gasteiger charge is -2.17. The molecule has 2 N–H and O–H groups in total. The average Bonchev–Trinajstić information content (AvgIpc) is 3.28. The van der Waals surface area contributed by atoms with Gasteiger partial charge in [0.2, 0.25) is 5.95 Å². The van der Waals surface area contributed by atoms with Crippen LogP contribution < -0.4 is 5.73 Å². The lowest BCUT2D eigenvalue weighted by atomic mass is 10.1. The van der Waals surface area contributed by atoms with Crippen molar-refractivity contribution in [2.24, 2.45) is 0 Å². The highest BCUT2D eigenvalue weighted by atomic mass is 16.2. The number of carbonyl (C=O) groups excluding carboxylic acids is 1. The van der Waals surface area contributed by atoms with Gasteiger partial charge in [0.25, 0.3) is 5.91 Å². The highest BCUT2D eigenvalue weighted by Crippen LogP contribution is 2.25. The maximum Gasteiger partial charge on any atom is 0.253 e. The third-order valence-corrected chi connectivity index (χ3v) is 4.98. The van der Waals surface area contributed by atoms with Gasteiger partial charge in [-0.1, -0.05) is 12.1 Å². The molecule has 2 aromatic heterocycles. The molecule has 1 unspecified atom stereocenters. The molecule has 1 fully saturated rings. The van der Waals surface area contributed by atoms with Crippen LogP contribution in [0.2, 0.25) is 0 Å². The molecule has 3 heterocycles.